The summed E-state index contributed by atoms with van der Waals surface area (Å²) < 4.78 is 0. The van der Waals surface area contributed by atoms with Crippen molar-refractivity contribution in [3.8, 4) is 0 Å². The van der Waals surface area contributed by atoms with Gasteiger partial charge in [-0.15, -0.1) is 0 Å². The van der Waals surface area contributed by atoms with Crippen molar-refractivity contribution in [2.24, 2.45) is 11.7 Å². The molecule has 1 nitrogen and oxygen atoms in total. The van der Waals surface area contributed by atoms with Crippen LogP contribution in [0.15, 0.2) is 0 Å². The molecule has 0 amide bonds. The fourth-order valence-electron chi connectivity index (χ4n) is 3.79. The second-order valence-corrected chi connectivity index (χ2v) is 7.97. The van der Waals surface area contributed by atoms with Crippen LogP contribution in [-0.4, -0.2) is 6.54 Å². The van der Waals surface area contributed by atoms with Crippen molar-refractivity contribution >= 4 is 0 Å². The maximum absolute atomic E-state index is 5.67. The fourth-order valence-corrected chi connectivity index (χ4v) is 3.79. The third kappa shape index (κ3) is 18.3. The summed E-state index contributed by atoms with van der Waals surface area (Å²) in [6.45, 7) is 5.48. The maximum atomic E-state index is 5.67. The maximum Gasteiger partial charge on any atom is -0.00773 e. The first-order valence-electron chi connectivity index (χ1n) is 11.5. The van der Waals surface area contributed by atoms with Crippen LogP contribution in [0.4, 0.5) is 0 Å². The average Bonchev–Trinajstić information content (AvgIpc) is 2.59. The molecule has 0 heterocycles. The van der Waals surface area contributed by atoms with Crippen molar-refractivity contribution in [3.63, 3.8) is 0 Å². The standard InChI is InChI=1S/C23H49N/c1-3-5-7-9-11-12-14-16-20-23(21-17-18-22-24)19-15-13-10-8-6-4-2/h23H,3-22,24H2,1-2H3. The lowest BCUT2D eigenvalue weighted by molar-refractivity contribution is 0.369. The van der Waals surface area contributed by atoms with Crippen molar-refractivity contribution in [3.05, 3.63) is 0 Å². The Bertz CT molecular complexity index is 214. The van der Waals surface area contributed by atoms with Gasteiger partial charge >= 0.3 is 0 Å². The van der Waals surface area contributed by atoms with Gasteiger partial charge in [0.1, 0.15) is 0 Å². The van der Waals surface area contributed by atoms with Crippen LogP contribution in [0.5, 0.6) is 0 Å². The third-order valence-electron chi connectivity index (χ3n) is 5.50. The van der Waals surface area contributed by atoms with E-state index in [2.05, 4.69) is 13.8 Å². The minimum absolute atomic E-state index is 0.876. The second-order valence-electron chi connectivity index (χ2n) is 7.97. The SMILES string of the molecule is CCCCCCCCCCC(CCCCN)CCCCCCCC. The van der Waals surface area contributed by atoms with Gasteiger partial charge in [-0.3, -0.25) is 0 Å². The van der Waals surface area contributed by atoms with Crippen molar-refractivity contribution < 1.29 is 0 Å². The Morgan fingerprint density at radius 3 is 1.17 bits per heavy atom. The molecular formula is C23H49N. The van der Waals surface area contributed by atoms with Crippen LogP contribution in [0, 0.1) is 5.92 Å². The van der Waals surface area contributed by atoms with Gasteiger partial charge in [-0.25, -0.2) is 0 Å². The molecule has 0 bridgehead atoms. The van der Waals surface area contributed by atoms with Gasteiger partial charge in [0, 0.05) is 0 Å². The van der Waals surface area contributed by atoms with E-state index in [1.54, 1.807) is 0 Å². The topological polar surface area (TPSA) is 26.0 Å². The van der Waals surface area contributed by atoms with Gasteiger partial charge in [0.25, 0.3) is 0 Å². The first-order chi connectivity index (χ1) is 11.8. The molecule has 0 aromatic rings. The summed E-state index contributed by atoms with van der Waals surface area (Å²) >= 11 is 0. The fraction of sp³-hybridized carbons (Fsp3) is 1.00. The Morgan fingerprint density at radius 2 is 0.792 bits per heavy atom. The smallest absolute Gasteiger partial charge is 0.00773 e. The van der Waals surface area contributed by atoms with E-state index in [4.69, 9.17) is 5.73 Å². The molecule has 0 radical (unpaired) electrons. The van der Waals surface area contributed by atoms with E-state index >= 15 is 0 Å². The minimum Gasteiger partial charge on any atom is -0.330 e. The normalized spacial score (nSPS) is 12.6. The summed E-state index contributed by atoms with van der Waals surface area (Å²) in [6.07, 6.45) is 27.2. The number of hydrogen-bond acceptors (Lipinski definition) is 1. The summed E-state index contributed by atoms with van der Waals surface area (Å²) in [5.74, 6) is 0.989. The lowest BCUT2D eigenvalue weighted by atomic mass is 9.90. The highest BCUT2D eigenvalue weighted by Gasteiger charge is 2.08. The van der Waals surface area contributed by atoms with E-state index in [1.807, 2.05) is 0 Å². The van der Waals surface area contributed by atoms with Gasteiger partial charge in [0.15, 0.2) is 0 Å². The van der Waals surface area contributed by atoms with Gasteiger partial charge in [0.05, 0.1) is 0 Å². The third-order valence-corrected chi connectivity index (χ3v) is 5.50. The molecule has 0 aliphatic carbocycles. The van der Waals surface area contributed by atoms with E-state index in [1.165, 1.54) is 122 Å². The summed E-state index contributed by atoms with van der Waals surface area (Å²) in [7, 11) is 0. The predicted octanol–water partition coefficient (Wildman–Crippen LogP) is 8.01. The molecule has 0 aromatic heterocycles. The van der Waals surface area contributed by atoms with Crippen LogP contribution >= 0.6 is 0 Å². The molecule has 0 spiro atoms. The van der Waals surface area contributed by atoms with Crippen LogP contribution in [0.25, 0.3) is 0 Å². The highest BCUT2D eigenvalue weighted by Crippen LogP contribution is 2.24. The summed E-state index contributed by atoms with van der Waals surface area (Å²) in [4.78, 5) is 0. The van der Waals surface area contributed by atoms with Crippen molar-refractivity contribution in [2.45, 2.75) is 136 Å². The molecule has 1 unspecified atom stereocenters. The van der Waals surface area contributed by atoms with E-state index in [0.717, 1.165) is 12.5 Å². The van der Waals surface area contributed by atoms with E-state index in [-0.39, 0.29) is 0 Å². The second kappa shape index (κ2) is 21.0. The molecule has 0 aromatic carbocycles. The Morgan fingerprint density at radius 1 is 0.458 bits per heavy atom. The van der Waals surface area contributed by atoms with Crippen LogP contribution in [0.1, 0.15) is 136 Å². The lowest BCUT2D eigenvalue weighted by Gasteiger charge is -2.17. The molecule has 0 saturated heterocycles. The Balaban J connectivity index is 3.63. The van der Waals surface area contributed by atoms with Crippen LogP contribution in [0.2, 0.25) is 0 Å². The quantitative estimate of drug-likeness (QED) is 0.223. The van der Waals surface area contributed by atoms with E-state index < -0.39 is 0 Å². The highest BCUT2D eigenvalue weighted by atomic mass is 14.5. The number of hydrogen-bond donors (Lipinski definition) is 1. The van der Waals surface area contributed by atoms with E-state index in [9.17, 15) is 0 Å². The predicted molar refractivity (Wildman–Crippen MR) is 112 cm³/mol. The van der Waals surface area contributed by atoms with Crippen LogP contribution in [0.3, 0.4) is 0 Å². The van der Waals surface area contributed by atoms with Crippen LogP contribution < -0.4 is 5.73 Å². The van der Waals surface area contributed by atoms with Crippen molar-refractivity contribution in [1.29, 1.82) is 0 Å². The van der Waals surface area contributed by atoms with Gasteiger partial charge < -0.3 is 5.73 Å². The molecule has 0 aliphatic heterocycles. The summed E-state index contributed by atoms with van der Waals surface area (Å²) in [5, 5.41) is 0. The highest BCUT2D eigenvalue weighted by molar-refractivity contribution is 4.62. The zero-order chi connectivity index (χ0) is 17.7. The Labute approximate surface area is 154 Å². The number of rotatable bonds is 20. The summed E-state index contributed by atoms with van der Waals surface area (Å²) in [6, 6.07) is 0. The molecule has 0 fully saturated rings. The Hall–Kier alpha value is -0.0400. The molecule has 24 heavy (non-hydrogen) atoms. The molecule has 0 saturated carbocycles. The largest absolute Gasteiger partial charge is 0.330 e. The molecule has 146 valence electrons. The van der Waals surface area contributed by atoms with Gasteiger partial charge in [-0.2, -0.15) is 0 Å². The Kier molecular flexibility index (Phi) is 21.0. The monoisotopic (exact) mass is 339 g/mol. The average molecular weight is 340 g/mol. The molecule has 1 atom stereocenters. The summed E-state index contributed by atoms with van der Waals surface area (Å²) in [5.41, 5.74) is 5.67. The van der Waals surface area contributed by atoms with Crippen molar-refractivity contribution in [1.82, 2.24) is 0 Å². The minimum atomic E-state index is 0.876. The van der Waals surface area contributed by atoms with Crippen molar-refractivity contribution in [2.75, 3.05) is 6.54 Å². The number of nitrogens with two attached hydrogens (primary N) is 1. The molecule has 0 rings (SSSR count). The van der Waals surface area contributed by atoms with Gasteiger partial charge in [0.2, 0.25) is 0 Å². The van der Waals surface area contributed by atoms with Gasteiger partial charge in [-0.05, 0) is 18.9 Å². The van der Waals surface area contributed by atoms with Crippen LogP contribution in [-0.2, 0) is 0 Å². The van der Waals surface area contributed by atoms with E-state index in [0.29, 0.717) is 0 Å². The molecule has 1 heteroatoms. The zero-order valence-corrected chi connectivity index (χ0v) is 17.3. The first kappa shape index (κ1) is 24.0. The van der Waals surface area contributed by atoms with Gasteiger partial charge in [-0.1, -0.05) is 129 Å². The molecular weight excluding hydrogens is 290 g/mol. The molecule has 0 aliphatic rings. The molecule has 2 N–H and O–H groups in total. The lowest BCUT2D eigenvalue weighted by Crippen LogP contribution is -2.04. The zero-order valence-electron chi connectivity index (χ0n) is 17.3. The number of unbranched alkanes of at least 4 members (excludes halogenated alkanes) is 13. The first-order valence-corrected chi connectivity index (χ1v) is 11.5.